The minimum absolute atomic E-state index is 0.105. The summed E-state index contributed by atoms with van der Waals surface area (Å²) < 4.78 is 37.3. The number of alkyl halides is 3. The van der Waals surface area contributed by atoms with E-state index in [4.69, 9.17) is 0 Å². The lowest BCUT2D eigenvalue weighted by atomic mass is 10.1. The van der Waals surface area contributed by atoms with E-state index < -0.39 is 12.6 Å². The van der Waals surface area contributed by atoms with Crippen LogP contribution >= 0.6 is 0 Å². The van der Waals surface area contributed by atoms with Crippen molar-refractivity contribution in [3.8, 4) is 0 Å². The topological polar surface area (TPSA) is 42.7 Å². The highest BCUT2D eigenvalue weighted by Crippen LogP contribution is 2.18. The van der Waals surface area contributed by atoms with Crippen molar-refractivity contribution >= 4 is 0 Å². The van der Waals surface area contributed by atoms with Crippen LogP contribution in [0.3, 0.4) is 0 Å². The monoisotopic (exact) mass is 250 g/mol. The van der Waals surface area contributed by atoms with Crippen molar-refractivity contribution in [2.75, 3.05) is 6.54 Å². The maximum atomic E-state index is 11.9. The SMILES string of the molecule is CC(C)(C)n1cc(CNCCC(F)(F)F)nn1. The first-order valence-corrected chi connectivity index (χ1v) is 5.38. The third kappa shape index (κ3) is 5.16. The lowest BCUT2D eigenvalue weighted by Crippen LogP contribution is -2.22. The molecule has 7 heteroatoms. The lowest BCUT2D eigenvalue weighted by molar-refractivity contribution is -0.133. The molecule has 1 aromatic heterocycles. The first-order chi connectivity index (χ1) is 7.68. The molecular weight excluding hydrogens is 233 g/mol. The molecule has 0 bridgehead atoms. The van der Waals surface area contributed by atoms with Gasteiger partial charge in [0.15, 0.2) is 0 Å². The maximum absolute atomic E-state index is 11.9. The molecule has 17 heavy (non-hydrogen) atoms. The Morgan fingerprint density at radius 2 is 1.94 bits per heavy atom. The van der Waals surface area contributed by atoms with Crippen molar-refractivity contribution in [3.05, 3.63) is 11.9 Å². The maximum Gasteiger partial charge on any atom is 0.390 e. The fourth-order valence-corrected chi connectivity index (χ4v) is 1.15. The number of nitrogens with zero attached hydrogens (tertiary/aromatic N) is 3. The van der Waals surface area contributed by atoms with E-state index >= 15 is 0 Å². The molecule has 98 valence electrons. The van der Waals surface area contributed by atoms with Crippen molar-refractivity contribution in [2.24, 2.45) is 0 Å². The van der Waals surface area contributed by atoms with Crippen LogP contribution in [0.4, 0.5) is 13.2 Å². The first-order valence-electron chi connectivity index (χ1n) is 5.38. The predicted molar refractivity (Wildman–Crippen MR) is 57.4 cm³/mol. The quantitative estimate of drug-likeness (QED) is 0.832. The molecule has 0 radical (unpaired) electrons. The molecule has 0 amide bonds. The van der Waals surface area contributed by atoms with Crippen LogP contribution in [0.2, 0.25) is 0 Å². The number of rotatable bonds is 4. The molecule has 1 N–H and O–H groups in total. The van der Waals surface area contributed by atoms with E-state index in [2.05, 4.69) is 15.6 Å². The normalized spacial score (nSPS) is 13.1. The van der Waals surface area contributed by atoms with Crippen LogP contribution in [-0.2, 0) is 12.1 Å². The molecule has 1 rings (SSSR count). The Bertz CT molecular complexity index is 351. The van der Waals surface area contributed by atoms with Gasteiger partial charge >= 0.3 is 6.18 Å². The highest BCUT2D eigenvalue weighted by molar-refractivity contribution is 4.93. The molecule has 1 heterocycles. The molecule has 0 unspecified atom stereocenters. The summed E-state index contributed by atoms with van der Waals surface area (Å²) in [6, 6.07) is 0. The third-order valence-electron chi connectivity index (χ3n) is 2.12. The smallest absolute Gasteiger partial charge is 0.311 e. The Morgan fingerprint density at radius 1 is 1.29 bits per heavy atom. The van der Waals surface area contributed by atoms with Crippen LogP contribution in [0.5, 0.6) is 0 Å². The van der Waals surface area contributed by atoms with Crippen molar-refractivity contribution in [2.45, 2.75) is 45.5 Å². The van der Waals surface area contributed by atoms with Crippen LogP contribution in [0.1, 0.15) is 32.9 Å². The molecule has 1 aromatic rings. The molecule has 0 saturated heterocycles. The fraction of sp³-hybridized carbons (Fsp3) is 0.800. The summed E-state index contributed by atoms with van der Waals surface area (Å²) in [7, 11) is 0. The molecule has 4 nitrogen and oxygen atoms in total. The van der Waals surface area contributed by atoms with Crippen LogP contribution in [-0.4, -0.2) is 27.7 Å². The van der Waals surface area contributed by atoms with Gasteiger partial charge in [0.1, 0.15) is 0 Å². The third-order valence-corrected chi connectivity index (χ3v) is 2.12. The van der Waals surface area contributed by atoms with E-state index in [-0.39, 0.29) is 12.1 Å². The van der Waals surface area contributed by atoms with Gasteiger partial charge in [-0.1, -0.05) is 5.21 Å². The van der Waals surface area contributed by atoms with E-state index in [1.807, 2.05) is 20.8 Å². The van der Waals surface area contributed by atoms with Gasteiger partial charge in [-0.25, -0.2) is 4.68 Å². The van der Waals surface area contributed by atoms with E-state index in [0.717, 1.165) is 0 Å². The van der Waals surface area contributed by atoms with Crippen LogP contribution < -0.4 is 5.32 Å². The first kappa shape index (κ1) is 14.0. The van der Waals surface area contributed by atoms with E-state index in [9.17, 15) is 13.2 Å². The molecule has 0 aliphatic carbocycles. The molecule has 0 aliphatic rings. The second-order valence-corrected chi connectivity index (χ2v) is 4.87. The number of hydrogen-bond donors (Lipinski definition) is 1. The van der Waals surface area contributed by atoms with Gasteiger partial charge in [-0.2, -0.15) is 13.2 Å². The van der Waals surface area contributed by atoms with Gasteiger partial charge in [0.05, 0.1) is 23.9 Å². The van der Waals surface area contributed by atoms with Crippen LogP contribution in [0.15, 0.2) is 6.20 Å². The van der Waals surface area contributed by atoms with Crippen molar-refractivity contribution in [1.82, 2.24) is 20.3 Å². The lowest BCUT2D eigenvalue weighted by Gasteiger charge is -2.17. The molecular formula is C10H17F3N4. The molecule has 0 saturated carbocycles. The molecule has 0 aliphatic heterocycles. The minimum atomic E-state index is -4.12. The molecule has 0 atom stereocenters. The summed E-state index contributed by atoms with van der Waals surface area (Å²) in [5.74, 6) is 0. The van der Waals surface area contributed by atoms with Crippen molar-refractivity contribution in [1.29, 1.82) is 0 Å². The van der Waals surface area contributed by atoms with Crippen LogP contribution in [0, 0.1) is 0 Å². The van der Waals surface area contributed by atoms with Gasteiger partial charge in [-0.15, -0.1) is 5.10 Å². The average molecular weight is 250 g/mol. The Kier molecular flexibility index (Phi) is 4.13. The number of hydrogen-bond acceptors (Lipinski definition) is 3. The van der Waals surface area contributed by atoms with Gasteiger partial charge in [-0.3, -0.25) is 0 Å². The summed E-state index contributed by atoms with van der Waals surface area (Å²) in [4.78, 5) is 0. The Labute approximate surface area is 98.2 Å². The second-order valence-electron chi connectivity index (χ2n) is 4.87. The van der Waals surface area contributed by atoms with Gasteiger partial charge < -0.3 is 5.32 Å². The highest BCUT2D eigenvalue weighted by Gasteiger charge is 2.26. The van der Waals surface area contributed by atoms with Gasteiger partial charge in [0.25, 0.3) is 0 Å². The standard InChI is InChI=1S/C10H17F3N4/c1-9(2,3)17-7-8(15-16-17)6-14-5-4-10(11,12)13/h7,14H,4-6H2,1-3H3. The number of nitrogens with one attached hydrogen (secondary N) is 1. The summed E-state index contributed by atoms with van der Waals surface area (Å²) in [5, 5.41) is 10.5. The highest BCUT2D eigenvalue weighted by atomic mass is 19.4. The van der Waals surface area contributed by atoms with Crippen molar-refractivity contribution in [3.63, 3.8) is 0 Å². The fourth-order valence-electron chi connectivity index (χ4n) is 1.15. The Hall–Kier alpha value is -1.11. The van der Waals surface area contributed by atoms with Crippen molar-refractivity contribution < 1.29 is 13.2 Å². The van der Waals surface area contributed by atoms with Crippen LogP contribution in [0.25, 0.3) is 0 Å². The van der Waals surface area contributed by atoms with E-state index in [1.54, 1.807) is 10.9 Å². The average Bonchev–Trinajstić information content (AvgIpc) is 2.58. The number of aromatic nitrogens is 3. The molecule has 0 aromatic carbocycles. The number of halogens is 3. The van der Waals surface area contributed by atoms with Gasteiger partial charge in [0.2, 0.25) is 0 Å². The van der Waals surface area contributed by atoms with Gasteiger partial charge in [-0.05, 0) is 20.8 Å². The van der Waals surface area contributed by atoms with Gasteiger partial charge in [0, 0.05) is 13.1 Å². The molecule has 0 fully saturated rings. The zero-order chi connectivity index (χ0) is 13.1. The molecule has 0 spiro atoms. The summed E-state index contributed by atoms with van der Waals surface area (Å²) in [6.07, 6.45) is -3.21. The minimum Gasteiger partial charge on any atom is -0.311 e. The summed E-state index contributed by atoms with van der Waals surface area (Å²) >= 11 is 0. The summed E-state index contributed by atoms with van der Waals surface area (Å²) in [5.41, 5.74) is 0.471. The predicted octanol–water partition coefficient (Wildman–Crippen LogP) is 2.08. The van der Waals surface area contributed by atoms with E-state index in [0.29, 0.717) is 12.2 Å². The largest absolute Gasteiger partial charge is 0.390 e. The second kappa shape index (κ2) is 5.03. The van der Waals surface area contributed by atoms with E-state index in [1.165, 1.54) is 0 Å². The zero-order valence-corrected chi connectivity index (χ0v) is 10.2. The zero-order valence-electron chi connectivity index (χ0n) is 10.2. The Balaban J connectivity index is 2.36. The Morgan fingerprint density at radius 3 is 2.41 bits per heavy atom. The summed E-state index contributed by atoms with van der Waals surface area (Å²) in [6.45, 7) is 6.12.